The number of anilines is 1. The molecule has 0 spiro atoms. The van der Waals surface area contributed by atoms with Gasteiger partial charge in [0.25, 0.3) is 5.91 Å². The van der Waals surface area contributed by atoms with Crippen molar-refractivity contribution in [1.82, 2.24) is 19.8 Å². The number of amides is 2. The average Bonchev–Trinajstić information content (AvgIpc) is 2.90. The summed E-state index contributed by atoms with van der Waals surface area (Å²) in [7, 11) is 1.64. The Hall–Kier alpha value is -4.33. The van der Waals surface area contributed by atoms with E-state index in [1.54, 1.807) is 23.1 Å². The fourth-order valence-corrected chi connectivity index (χ4v) is 4.41. The number of carbonyl (C=O) groups is 2. The predicted octanol–water partition coefficient (Wildman–Crippen LogP) is 1.35. The highest BCUT2D eigenvalue weighted by Gasteiger charge is 2.29. The van der Waals surface area contributed by atoms with Crippen LogP contribution in [-0.2, 0) is 17.8 Å². The van der Waals surface area contributed by atoms with Gasteiger partial charge in [-0.05, 0) is 18.2 Å². The van der Waals surface area contributed by atoms with Gasteiger partial charge in [0.05, 0.1) is 29.1 Å². The number of hydrogen-bond acceptors (Lipinski definition) is 8. The molecule has 10 nitrogen and oxygen atoms in total. The quantitative estimate of drug-likeness (QED) is 0.640. The van der Waals surface area contributed by atoms with E-state index in [4.69, 9.17) is 15.7 Å². The Morgan fingerprint density at radius 1 is 1.14 bits per heavy atom. The number of allylic oxidation sites excluding steroid dienone is 1. The van der Waals surface area contributed by atoms with Crippen LogP contribution in [0, 0.1) is 17.1 Å². The van der Waals surface area contributed by atoms with Gasteiger partial charge in [-0.3, -0.25) is 14.6 Å². The van der Waals surface area contributed by atoms with Crippen molar-refractivity contribution in [1.29, 1.82) is 5.26 Å². The summed E-state index contributed by atoms with van der Waals surface area (Å²) in [5.74, 6) is -0.238. The number of benzene rings is 1. The van der Waals surface area contributed by atoms with Crippen molar-refractivity contribution in [2.45, 2.75) is 19.9 Å². The van der Waals surface area contributed by atoms with Crippen LogP contribution in [0.1, 0.15) is 39.9 Å². The SMILES string of the molecule is CN=C/C(=C\N)c1nc2c(nc1N1CCN(C(=O)c3ccc(F)cc3C#N)CC1)CCN(C(C)=O)C2. The minimum Gasteiger partial charge on any atom is -0.404 e. The van der Waals surface area contributed by atoms with Crippen molar-refractivity contribution in [2.24, 2.45) is 10.7 Å². The molecular weight excluding hydrogens is 463 g/mol. The van der Waals surface area contributed by atoms with E-state index >= 15 is 0 Å². The molecule has 0 unspecified atom stereocenters. The first kappa shape index (κ1) is 24.8. The molecule has 2 N–H and O–H groups in total. The lowest BCUT2D eigenvalue weighted by molar-refractivity contribution is -0.129. The summed E-state index contributed by atoms with van der Waals surface area (Å²) in [4.78, 5) is 44.2. The van der Waals surface area contributed by atoms with Gasteiger partial charge in [-0.25, -0.2) is 14.4 Å². The maximum atomic E-state index is 13.5. The molecule has 0 radical (unpaired) electrons. The standard InChI is InChI=1S/C25H27FN8O2/c1-16(35)34-6-5-21-22(15-34)30-23(18(13-28)14-29-2)24(31-21)32-7-9-33(10-8-32)25(36)20-4-3-19(26)11-17(20)12-27/h3-4,11,13-14H,5-10,15,28H2,1-2H3/b18-13+,29-14?. The van der Waals surface area contributed by atoms with Gasteiger partial charge in [0.15, 0.2) is 5.82 Å². The number of carbonyl (C=O) groups excluding carboxylic acids is 2. The number of piperazine rings is 1. The second-order valence-corrected chi connectivity index (χ2v) is 8.57. The van der Waals surface area contributed by atoms with E-state index < -0.39 is 5.82 Å². The van der Waals surface area contributed by atoms with Crippen molar-refractivity contribution in [3.63, 3.8) is 0 Å². The Bertz CT molecular complexity index is 1290. The zero-order chi connectivity index (χ0) is 25.8. The summed E-state index contributed by atoms with van der Waals surface area (Å²) in [5, 5.41) is 9.32. The Morgan fingerprint density at radius 3 is 2.53 bits per heavy atom. The molecular formula is C25H27FN8O2. The van der Waals surface area contributed by atoms with Gasteiger partial charge in [-0.15, -0.1) is 0 Å². The van der Waals surface area contributed by atoms with Crippen LogP contribution < -0.4 is 10.6 Å². The fourth-order valence-electron chi connectivity index (χ4n) is 4.41. The van der Waals surface area contributed by atoms with Gasteiger partial charge < -0.3 is 20.4 Å². The molecule has 36 heavy (non-hydrogen) atoms. The van der Waals surface area contributed by atoms with E-state index in [1.807, 2.05) is 11.0 Å². The molecule has 186 valence electrons. The van der Waals surface area contributed by atoms with E-state index in [0.717, 1.165) is 17.5 Å². The molecule has 2 amide bonds. The first-order chi connectivity index (χ1) is 17.4. The first-order valence-electron chi connectivity index (χ1n) is 11.6. The number of aliphatic imine (C=N–C) groups is 1. The van der Waals surface area contributed by atoms with Crippen molar-refractivity contribution < 1.29 is 14.0 Å². The number of fused-ring (bicyclic) bond motifs is 1. The Labute approximate surface area is 208 Å². The summed E-state index contributed by atoms with van der Waals surface area (Å²) in [6.07, 6.45) is 3.64. The second-order valence-electron chi connectivity index (χ2n) is 8.57. The number of hydrogen-bond donors (Lipinski definition) is 1. The molecule has 1 aromatic heterocycles. The van der Waals surface area contributed by atoms with Crippen LogP contribution in [0.2, 0.25) is 0 Å². The summed E-state index contributed by atoms with van der Waals surface area (Å²) in [6.45, 7) is 4.24. The van der Waals surface area contributed by atoms with E-state index in [9.17, 15) is 19.2 Å². The normalized spacial score (nSPS) is 16.2. The summed E-state index contributed by atoms with van der Waals surface area (Å²) in [6, 6.07) is 5.50. The zero-order valence-corrected chi connectivity index (χ0v) is 20.2. The van der Waals surface area contributed by atoms with E-state index in [1.165, 1.54) is 25.3 Å². The highest BCUT2D eigenvalue weighted by Crippen LogP contribution is 2.28. The van der Waals surface area contributed by atoms with Gasteiger partial charge in [0.2, 0.25) is 5.91 Å². The van der Waals surface area contributed by atoms with Crippen LogP contribution in [0.15, 0.2) is 29.4 Å². The monoisotopic (exact) mass is 490 g/mol. The minimum absolute atomic E-state index is 0.0145. The Morgan fingerprint density at radius 2 is 1.89 bits per heavy atom. The van der Waals surface area contributed by atoms with Gasteiger partial charge in [0.1, 0.15) is 17.6 Å². The Balaban J connectivity index is 1.60. The molecule has 0 bridgehead atoms. The van der Waals surface area contributed by atoms with Crippen LogP contribution >= 0.6 is 0 Å². The molecule has 2 aliphatic rings. The lowest BCUT2D eigenvalue weighted by Gasteiger charge is -2.37. The number of rotatable bonds is 4. The molecule has 2 aromatic rings. The van der Waals surface area contributed by atoms with E-state index in [0.29, 0.717) is 62.8 Å². The van der Waals surface area contributed by atoms with Crippen LogP contribution in [0.3, 0.4) is 0 Å². The maximum absolute atomic E-state index is 13.5. The molecule has 1 saturated heterocycles. The highest BCUT2D eigenvalue weighted by atomic mass is 19.1. The number of aromatic nitrogens is 2. The maximum Gasteiger partial charge on any atom is 0.255 e. The third-order valence-corrected chi connectivity index (χ3v) is 6.36. The van der Waals surface area contributed by atoms with Crippen molar-refractivity contribution in [3.05, 3.63) is 58.4 Å². The third kappa shape index (κ3) is 4.88. The number of nitrogens with zero attached hydrogens (tertiary/aromatic N) is 7. The molecule has 1 aromatic carbocycles. The molecule has 0 aliphatic carbocycles. The number of halogens is 1. The summed E-state index contributed by atoms with van der Waals surface area (Å²) in [5.41, 5.74) is 8.83. The van der Waals surface area contributed by atoms with Crippen molar-refractivity contribution in [2.75, 3.05) is 44.7 Å². The largest absolute Gasteiger partial charge is 0.404 e. The lowest BCUT2D eigenvalue weighted by atomic mass is 10.1. The first-order valence-corrected chi connectivity index (χ1v) is 11.6. The third-order valence-electron chi connectivity index (χ3n) is 6.36. The van der Waals surface area contributed by atoms with Crippen LogP contribution in [0.5, 0.6) is 0 Å². The number of nitrogens with two attached hydrogens (primary N) is 1. The topological polar surface area (TPSA) is 132 Å². The molecule has 3 heterocycles. The lowest BCUT2D eigenvalue weighted by Crippen LogP contribution is -2.49. The van der Waals surface area contributed by atoms with Gasteiger partial charge in [-0.1, -0.05) is 0 Å². The summed E-state index contributed by atoms with van der Waals surface area (Å²) < 4.78 is 13.5. The summed E-state index contributed by atoms with van der Waals surface area (Å²) >= 11 is 0. The molecule has 2 aliphatic heterocycles. The minimum atomic E-state index is -0.558. The number of nitriles is 1. The van der Waals surface area contributed by atoms with Gasteiger partial charge in [-0.2, -0.15) is 5.26 Å². The Kier molecular flexibility index (Phi) is 7.24. The second kappa shape index (κ2) is 10.5. The molecule has 0 saturated carbocycles. The smallest absolute Gasteiger partial charge is 0.255 e. The molecule has 1 fully saturated rings. The highest BCUT2D eigenvalue weighted by molar-refractivity contribution is 6.10. The van der Waals surface area contributed by atoms with Gasteiger partial charge in [0, 0.05) is 71.1 Å². The van der Waals surface area contributed by atoms with Crippen LogP contribution in [0.4, 0.5) is 10.2 Å². The predicted molar refractivity (Wildman–Crippen MR) is 133 cm³/mol. The molecule has 11 heteroatoms. The van der Waals surface area contributed by atoms with Gasteiger partial charge >= 0.3 is 0 Å². The molecule has 0 atom stereocenters. The van der Waals surface area contributed by atoms with Crippen molar-refractivity contribution in [3.8, 4) is 6.07 Å². The van der Waals surface area contributed by atoms with E-state index in [-0.39, 0.29) is 22.9 Å². The fraction of sp³-hybridized carbons (Fsp3) is 0.360. The molecule has 4 rings (SSSR count). The van der Waals surface area contributed by atoms with E-state index in [2.05, 4.69) is 4.99 Å². The van der Waals surface area contributed by atoms with Crippen molar-refractivity contribution >= 4 is 29.4 Å². The zero-order valence-electron chi connectivity index (χ0n) is 20.2. The average molecular weight is 491 g/mol. The van der Waals surface area contributed by atoms with Crippen LogP contribution in [0.25, 0.3) is 5.57 Å². The van der Waals surface area contributed by atoms with Crippen LogP contribution in [-0.4, -0.2) is 77.6 Å².